The highest BCUT2D eigenvalue weighted by atomic mass is 16.5. The first kappa shape index (κ1) is 35.0. The predicted molar refractivity (Wildman–Crippen MR) is 179 cm³/mol. The third-order valence-corrected chi connectivity index (χ3v) is 7.16. The molecule has 1 N–H and O–H groups in total. The summed E-state index contributed by atoms with van der Waals surface area (Å²) in [5.41, 5.74) is 5.51. The van der Waals surface area contributed by atoms with Gasteiger partial charge in [-0.15, -0.1) is 0 Å². The van der Waals surface area contributed by atoms with Gasteiger partial charge in [0.05, 0.1) is 12.1 Å². The van der Waals surface area contributed by atoms with Crippen LogP contribution in [0.4, 0.5) is 0 Å². The Morgan fingerprint density at radius 3 is 1.88 bits per heavy atom. The molecule has 1 heterocycles. The van der Waals surface area contributed by atoms with E-state index in [1.54, 1.807) is 0 Å². The number of benzene rings is 1. The van der Waals surface area contributed by atoms with Gasteiger partial charge in [-0.05, 0) is 97.9 Å². The van der Waals surface area contributed by atoms with Crippen LogP contribution >= 0.6 is 0 Å². The van der Waals surface area contributed by atoms with E-state index in [2.05, 4.69) is 71.7 Å². The zero-order valence-corrected chi connectivity index (χ0v) is 27.4. The average molecular weight is 578 g/mol. The number of unbranched alkanes of at least 4 members (excludes halogenated alkanes) is 5. The lowest BCUT2D eigenvalue weighted by Gasteiger charge is -2.15. The predicted octanol–water partition coefficient (Wildman–Crippen LogP) is 10.4. The topological polar surface area (TPSA) is 60.6 Å². The van der Waals surface area contributed by atoms with E-state index < -0.39 is 0 Å². The molecule has 0 aliphatic heterocycles. The minimum atomic E-state index is -0.301. The van der Waals surface area contributed by atoms with Crippen LogP contribution in [0.25, 0.3) is 10.9 Å². The van der Waals surface area contributed by atoms with Crippen molar-refractivity contribution >= 4 is 10.9 Å². The first-order valence-electron chi connectivity index (χ1n) is 15.9. The van der Waals surface area contributed by atoms with E-state index in [0.29, 0.717) is 31.1 Å². The summed E-state index contributed by atoms with van der Waals surface area (Å²) in [6.07, 6.45) is 19.8. The number of aromatic nitrogens is 1. The van der Waals surface area contributed by atoms with Gasteiger partial charge >= 0.3 is 0 Å². The molecule has 0 unspecified atom stereocenters. The lowest BCUT2D eigenvalue weighted by atomic mass is 10.1. The molecular formula is C37H55NO4. The molecule has 5 heteroatoms. The maximum Gasteiger partial charge on any atom is 0.294 e. The molecule has 0 radical (unpaired) electrons. The van der Waals surface area contributed by atoms with Gasteiger partial charge in [0.25, 0.3) is 5.56 Å². The standard InChI is InChI=1S/C37H55NO4/c1-8-9-10-11-12-13-24-40-32-20-21-33-34(27-32)38-37(39)36(42-26-23-31(7)19-15-17-29(4)5)35(33)41-25-22-30(6)18-14-16-28(2)3/h16-17,20-23,27H,8-15,18-19,24-26H2,1-7H3,(H,38,39)/b30-22+,31-23+. The number of H-pyrrole nitrogens is 1. The molecule has 0 saturated carbocycles. The normalized spacial score (nSPS) is 11.9. The Hall–Kier alpha value is -3.21. The zero-order chi connectivity index (χ0) is 30.7. The summed E-state index contributed by atoms with van der Waals surface area (Å²) in [5.74, 6) is 1.43. The van der Waals surface area contributed by atoms with E-state index in [4.69, 9.17) is 14.2 Å². The van der Waals surface area contributed by atoms with Crippen LogP contribution in [-0.2, 0) is 0 Å². The average Bonchev–Trinajstić information content (AvgIpc) is 2.93. The molecule has 0 aliphatic rings. The molecular weight excluding hydrogens is 522 g/mol. The summed E-state index contributed by atoms with van der Waals surface area (Å²) >= 11 is 0. The Morgan fingerprint density at radius 2 is 1.29 bits per heavy atom. The Bertz CT molecular complexity index is 1270. The van der Waals surface area contributed by atoms with E-state index in [0.717, 1.165) is 43.2 Å². The quantitative estimate of drug-likeness (QED) is 0.126. The number of rotatable bonds is 20. The van der Waals surface area contributed by atoms with Crippen molar-refractivity contribution in [3.63, 3.8) is 0 Å². The highest BCUT2D eigenvalue weighted by molar-refractivity contribution is 5.88. The van der Waals surface area contributed by atoms with E-state index in [9.17, 15) is 4.79 Å². The van der Waals surface area contributed by atoms with E-state index in [1.807, 2.05) is 24.3 Å². The number of fused-ring (bicyclic) bond motifs is 1. The third kappa shape index (κ3) is 13.6. The maximum atomic E-state index is 13.2. The van der Waals surface area contributed by atoms with Crippen molar-refractivity contribution in [3.8, 4) is 17.2 Å². The number of ether oxygens (including phenoxy) is 3. The summed E-state index contributed by atoms with van der Waals surface area (Å²) in [6.45, 7) is 16.2. The molecule has 5 nitrogen and oxygen atoms in total. The largest absolute Gasteiger partial charge is 0.494 e. The second kappa shape index (κ2) is 19.8. The number of hydrogen-bond acceptors (Lipinski definition) is 4. The number of aromatic amines is 1. The summed E-state index contributed by atoms with van der Waals surface area (Å²) < 4.78 is 18.3. The van der Waals surface area contributed by atoms with Crippen molar-refractivity contribution in [1.29, 1.82) is 0 Å². The monoisotopic (exact) mass is 577 g/mol. The number of hydrogen-bond donors (Lipinski definition) is 1. The molecule has 0 amide bonds. The Labute approximate surface area is 254 Å². The first-order chi connectivity index (χ1) is 20.2. The fourth-order valence-electron chi connectivity index (χ4n) is 4.58. The highest BCUT2D eigenvalue weighted by Gasteiger charge is 2.16. The molecule has 0 fully saturated rings. The van der Waals surface area contributed by atoms with Gasteiger partial charge in [0.1, 0.15) is 19.0 Å². The van der Waals surface area contributed by atoms with Gasteiger partial charge in [0.15, 0.2) is 5.75 Å². The van der Waals surface area contributed by atoms with Crippen LogP contribution in [0.3, 0.4) is 0 Å². The van der Waals surface area contributed by atoms with Crippen molar-refractivity contribution in [2.75, 3.05) is 19.8 Å². The zero-order valence-electron chi connectivity index (χ0n) is 27.4. The van der Waals surface area contributed by atoms with E-state index in [1.165, 1.54) is 54.4 Å². The van der Waals surface area contributed by atoms with Gasteiger partial charge in [-0.25, -0.2) is 0 Å². The molecule has 0 aliphatic carbocycles. The summed E-state index contributed by atoms with van der Waals surface area (Å²) in [4.78, 5) is 16.2. The summed E-state index contributed by atoms with van der Waals surface area (Å²) in [5, 5.41) is 0.802. The Balaban J connectivity index is 2.21. The van der Waals surface area contributed by atoms with Crippen LogP contribution in [0.2, 0.25) is 0 Å². The summed E-state index contributed by atoms with van der Waals surface area (Å²) in [6, 6.07) is 5.79. The van der Waals surface area contributed by atoms with Gasteiger partial charge in [0.2, 0.25) is 5.75 Å². The fraction of sp³-hybridized carbons (Fsp3) is 0.541. The Kier molecular flexibility index (Phi) is 16.5. The molecule has 0 spiro atoms. The molecule has 1 aromatic heterocycles. The van der Waals surface area contributed by atoms with Crippen LogP contribution in [0, 0.1) is 0 Å². The second-order valence-electron chi connectivity index (χ2n) is 11.8. The van der Waals surface area contributed by atoms with Gasteiger partial charge in [0, 0.05) is 11.5 Å². The maximum absolute atomic E-state index is 13.2. The van der Waals surface area contributed by atoms with E-state index >= 15 is 0 Å². The molecule has 0 bridgehead atoms. The smallest absolute Gasteiger partial charge is 0.294 e. The van der Waals surface area contributed by atoms with Gasteiger partial charge in [-0.2, -0.15) is 0 Å². The number of nitrogens with one attached hydrogen (secondary N) is 1. The highest BCUT2D eigenvalue weighted by Crippen LogP contribution is 2.33. The van der Waals surface area contributed by atoms with Crippen molar-refractivity contribution in [3.05, 3.63) is 75.1 Å². The Morgan fingerprint density at radius 1 is 0.714 bits per heavy atom. The first-order valence-corrected chi connectivity index (χ1v) is 15.9. The van der Waals surface area contributed by atoms with E-state index in [-0.39, 0.29) is 11.3 Å². The van der Waals surface area contributed by atoms with Crippen molar-refractivity contribution in [2.24, 2.45) is 0 Å². The minimum Gasteiger partial charge on any atom is -0.494 e. The molecule has 2 aromatic rings. The SMILES string of the molecule is CCCCCCCCOc1ccc2c(OC/C=C(\C)CCC=C(C)C)c(OC/C=C(\C)CCC=C(C)C)c(=O)[nH]c2c1. The van der Waals surface area contributed by atoms with Crippen LogP contribution in [0.1, 0.15) is 113 Å². The lowest BCUT2D eigenvalue weighted by Crippen LogP contribution is -2.14. The van der Waals surface area contributed by atoms with Crippen LogP contribution < -0.4 is 19.8 Å². The number of pyridine rings is 1. The van der Waals surface area contributed by atoms with Crippen molar-refractivity contribution in [2.45, 2.75) is 113 Å². The van der Waals surface area contributed by atoms with Gasteiger partial charge in [-0.1, -0.05) is 73.5 Å². The molecule has 0 saturated heterocycles. The van der Waals surface area contributed by atoms with Crippen LogP contribution in [0.15, 0.2) is 69.6 Å². The van der Waals surface area contributed by atoms with Gasteiger partial charge in [-0.3, -0.25) is 4.79 Å². The third-order valence-electron chi connectivity index (χ3n) is 7.16. The molecule has 232 valence electrons. The second-order valence-corrected chi connectivity index (χ2v) is 11.8. The molecule has 42 heavy (non-hydrogen) atoms. The van der Waals surface area contributed by atoms with Crippen LogP contribution in [0.5, 0.6) is 17.2 Å². The van der Waals surface area contributed by atoms with Crippen LogP contribution in [-0.4, -0.2) is 24.8 Å². The minimum absolute atomic E-state index is 0.215. The fourth-order valence-corrected chi connectivity index (χ4v) is 4.58. The molecule has 0 atom stereocenters. The number of allylic oxidation sites excluding steroid dienone is 6. The summed E-state index contributed by atoms with van der Waals surface area (Å²) in [7, 11) is 0. The van der Waals surface area contributed by atoms with Gasteiger partial charge < -0.3 is 19.2 Å². The van der Waals surface area contributed by atoms with Crippen molar-refractivity contribution in [1.82, 2.24) is 4.98 Å². The van der Waals surface area contributed by atoms with Crippen molar-refractivity contribution < 1.29 is 14.2 Å². The lowest BCUT2D eigenvalue weighted by molar-refractivity contribution is 0.303. The molecule has 2 rings (SSSR count). The molecule has 1 aromatic carbocycles.